The first-order valence-corrected chi connectivity index (χ1v) is 12.5. The van der Waals surface area contributed by atoms with Gasteiger partial charge >= 0.3 is 0 Å². The summed E-state index contributed by atoms with van der Waals surface area (Å²) in [6.45, 7) is 11.2. The Labute approximate surface area is 184 Å². The van der Waals surface area contributed by atoms with Crippen molar-refractivity contribution in [3.8, 4) is 0 Å². The topological polar surface area (TPSA) is 0 Å². The van der Waals surface area contributed by atoms with Crippen LogP contribution in [0.3, 0.4) is 0 Å². The highest BCUT2D eigenvalue weighted by molar-refractivity contribution is 4.51. The van der Waals surface area contributed by atoms with Gasteiger partial charge in [-0.1, -0.05) is 97.8 Å². The Kier molecular flexibility index (Phi) is 24.9. The van der Waals surface area contributed by atoms with Crippen LogP contribution in [0.2, 0.25) is 0 Å². The van der Waals surface area contributed by atoms with Gasteiger partial charge in [0.15, 0.2) is 0 Å². The average Bonchev–Trinajstić information content (AvgIpc) is 2.64. The number of unbranched alkanes of at least 4 members (excludes halogenated alkanes) is 15. The lowest BCUT2D eigenvalue weighted by Crippen LogP contribution is -3.00. The van der Waals surface area contributed by atoms with Crippen LogP contribution in [0.1, 0.15) is 136 Å². The fraction of sp³-hybridized carbons (Fsp3) is 1.00. The Morgan fingerprint density at radius 2 is 0.593 bits per heavy atom. The van der Waals surface area contributed by atoms with Gasteiger partial charge in [-0.3, -0.25) is 0 Å². The lowest BCUT2D eigenvalue weighted by Gasteiger charge is -2.35. The van der Waals surface area contributed by atoms with E-state index in [-0.39, 0.29) is 17.0 Å². The number of hydrogen-bond acceptors (Lipinski definition) is 0. The first-order valence-electron chi connectivity index (χ1n) is 12.5. The molecule has 1 nitrogen and oxygen atoms in total. The van der Waals surface area contributed by atoms with Crippen molar-refractivity contribution in [2.75, 3.05) is 26.7 Å². The van der Waals surface area contributed by atoms with E-state index in [0.29, 0.717) is 0 Å². The van der Waals surface area contributed by atoms with Gasteiger partial charge in [0.2, 0.25) is 0 Å². The standard InChI is InChI=1S/C25H54N.BrH/c1-5-8-11-14-17-20-23-26(4,24-21-18-15-12-9-6-2)25-22-19-16-13-10-7-3;/h5-25H2,1-4H3;1H/q+1;/p-1. The van der Waals surface area contributed by atoms with Gasteiger partial charge in [0.1, 0.15) is 0 Å². The monoisotopic (exact) mass is 447 g/mol. The fourth-order valence-corrected chi connectivity index (χ4v) is 4.16. The molecule has 27 heavy (non-hydrogen) atoms. The predicted molar refractivity (Wildman–Crippen MR) is 121 cm³/mol. The summed E-state index contributed by atoms with van der Waals surface area (Å²) in [4.78, 5) is 0. The van der Waals surface area contributed by atoms with E-state index in [2.05, 4.69) is 27.8 Å². The van der Waals surface area contributed by atoms with Crippen molar-refractivity contribution < 1.29 is 21.5 Å². The molecule has 0 aliphatic heterocycles. The minimum absolute atomic E-state index is 0. The molecular formula is C25H54BrN. The SMILES string of the molecule is CCCCCCCC[N+](C)(CCCCCCCC)CCCCCCCC.[Br-]. The molecule has 0 N–H and O–H groups in total. The van der Waals surface area contributed by atoms with E-state index in [9.17, 15) is 0 Å². The second kappa shape index (κ2) is 22.7. The van der Waals surface area contributed by atoms with E-state index in [1.807, 2.05) is 0 Å². The molecule has 2 heteroatoms. The van der Waals surface area contributed by atoms with Gasteiger partial charge in [0.25, 0.3) is 0 Å². The number of hydrogen-bond donors (Lipinski definition) is 0. The van der Waals surface area contributed by atoms with Gasteiger partial charge in [-0.15, -0.1) is 0 Å². The molecule has 0 rings (SSSR count). The van der Waals surface area contributed by atoms with Crippen molar-refractivity contribution in [2.45, 2.75) is 136 Å². The van der Waals surface area contributed by atoms with E-state index in [4.69, 9.17) is 0 Å². The first kappa shape index (κ1) is 29.6. The van der Waals surface area contributed by atoms with Crippen molar-refractivity contribution in [3.05, 3.63) is 0 Å². The van der Waals surface area contributed by atoms with Crippen LogP contribution in [0.15, 0.2) is 0 Å². The molecule has 0 aromatic heterocycles. The van der Waals surface area contributed by atoms with Gasteiger partial charge in [-0.05, 0) is 38.5 Å². The van der Waals surface area contributed by atoms with Gasteiger partial charge in [0.05, 0.1) is 26.7 Å². The van der Waals surface area contributed by atoms with Crippen LogP contribution in [0, 0.1) is 0 Å². The highest BCUT2D eigenvalue weighted by Gasteiger charge is 2.20. The summed E-state index contributed by atoms with van der Waals surface area (Å²) in [6, 6.07) is 0. The van der Waals surface area contributed by atoms with Crippen LogP contribution in [0.5, 0.6) is 0 Å². The molecule has 0 unspecified atom stereocenters. The minimum Gasteiger partial charge on any atom is -1.00 e. The Morgan fingerprint density at radius 1 is 0.370 bits per heavy atom. The van der Waals surface area contributed by atoms with Crippen molar-refractivity contribution in [1.29, 1.82) is 0 Å². The molecule has 0 spiro atoms. The second-order valence-corrected chi connectivity index (χ2v) is 9.09. The molecule has 0 aromatic carbocycles. The quantitative estimate of drug-likeness (QED) is 0.160. The zero-order valence-electron chi connectivity index (χ0n) is 19.7. The maximum Gasteiger partial charge on any atom is 0.0784 e. The molecule has 0 radical (unpaired) electrons. The molecular weight excluding hydrogens is 394 g/mol. The highest BCUT2D eigenvalue weighted by Crippen LogP contribution is 2.16. The third-order valence-corrected chi connectivity index (χ3v) is 6.15. The summed E-state index contributed by atoms with van der Waals surface area (Å²) in [5, 5.41) is 0. The van der Waals surface area contributed by atoms with E-state index < -0.39 is 0 Å². The largest absolute Gasteiger partial charge is 1.00 e. The van der Waals surface area contributed by atoms with Crippen molar-refractivity contribution in [3.63, 3.8) is 0 Å². The number of nitrogens with zero attached hydrogens (tertiary/aromatic N) is 1. The minimum atomic E-state index is 0. The molecule has 166 valence electrons. The molecule has 0 aromatic rings. The van der Waals surface area contributed by atoms with E-state index in [1.165, 1.54) is 140 Å². The van der Waals surface area contributed by atoms with Gasteiger partial charge in [0, 0.05) is 0 Å². The van der Waals surface area contributed by atoms with Crippen LogP contribution in [-0.4, -0.2) is 31.2 Å². The molecule has 0 atom stereocenters. The Balaban J connectivity index is 0. The lowest BCUT2D eigenvalue weighted by molar-refractivity contribution is -0.910. The lowest BCUT2D eigenvalue weighted by atomic mass is 10.1. The average molecular weight is 449 g/mol. The third kappa shape index (κ3) is 21.0. The summed E-state index contributed by atoms with van der Waals surface area (Å²) in [6.07, 6.45) is 25.9. The Hall–Kier alpha value is 0.440. The van der Waals surface area contributed by atoms with Crippen LogP contribution < -0.4 is 17.0 Å². The van der Waals surface area contributed by atoms with Crippen molar-refractivity contribution >= 4 is 0 Å². The second-order valence-electron chi connectivity index (χ2n) is 9.09. The Morgan fingerprint density at radius 3 is 0.852 bits per heavy atom. The van der Waals surface area contributed by atoms with E-state index in [0.717, 1.165) is 0 Å². The highest BCUT2D eigenvalue weighted by atomic mass is 79.9. The molecule has 0 aliphatic carbocycles. The molecule has 0 amide bonds. The summed E-state index contributed by atoms with van der Waals surface area (Å²) < 4.78 is 1.36. The van der Waals surface area contributed by atoms with E-state index >= 15 is 0 Å². The van der Waals surface area contributed by atoms with Crippen LogP contribution in [-0.2, 0) is 0 Å². The normalized spacial score (nSPS) is 11.6. The molecule has 0 aliphatic rings. The number of quaternary nitrogens is 1. The summed E-state index contributed by atoms with van der Waals surface area (Å²) in [5.74, 6) is 0. The Bertz CT molecular complexity index is 226. The number of halogens is 1. The van der Waals surface area contributed by atoms with Gasteiger partial charge < -0.3 is 21.5 Å². The molecule has 0 bridgehead atoms. The van der Waals surface area contributed by atoms with Crippen molar-refractivity contribution in [1.82, 2.24) is 0 Å². The molecule has 0 saturated heterocycles. The first-order chi connectivity index (χ1) is 12.7. The molecule has 0 saturated carbocycles. The maximum atomic E-state index is 2.56. The smallest absolute Gasteiger partial charge is 0.0784 e. The van der Waals surface area contributed by atoms with Crippen LogP contribution >= 0.6 is 0 Å². The van der Waals surface area contributed by atoms with Crippen molar-refractivity contribution in [2.24, 2.45) is 0 Å². The summed E-state index contributed by atoms with van der Waals surface area (Å²) in [7, 11) is 2.56. The maximum absolute atomic E-state index is 2.56. The molecule has 0 fully saturated rings. The van der Waals surface area contributed by atoms with E-state index in [1.54, 1.807) is 0 Å². The fourth-order valence-electron chi connectivity index (χ4n) is 4.16. The van der Waals surface area contributed by atoms with Gasteiger partial charge in [-0.2, -0.15) is 0 Å². The molecule has 0 heterocycles. The summed E-state index contributed by atoms with van der Waals surface area (Å²) in [5.41, 5.74) is 0. The van der Waals surface area contributed by atoms with Gasteiger partial charge in [-0.25, -0.2) is 0 Å². The predicted octanol–water partition coefficient (Wildman–Crippen LogP) is 5.52. The third-order valence-electron chi connectivity index (χ3n) is 6.15. The number of rotatable bonds is 21. The van der Waals surface area contributed by atoms with Crippen LogP contribution in [0.4, 0.5) is 0 Å². The van der Waals surface area contributed by atoms with Crippen LogP contribution in [0.25, 0.3) is 0 Å². The zero-order chi connectivity index (χ0) is 19.3. The zero-order valence-corrected chi connectivity index (χ0v) is 21.3. The summed E-state index contributed by atoms with van der Waals surface area (Å²) >= 11 is 0.